The summed E-state index contributed by atoms with van der Waals surface area (Å²) in [6, 6.07) is 12.9. The lowest BCUT2D eigenvalue weighted by Crippen LogP contribution is -2.26. The number of aryl methyl sites for hydroxylation is 1. The van der Waals surface area contributed by atoms with Crippen LogP contribution >= 0.6 is 11.8 Å². The van der Waals surface area contributed by atoms with Gasteiger partial charge in [0.1, 0.15) is 0 Å². The molecule has 0 aliphatic heterocycles. The second-order valence-corrected chi connectivity index (χ2v) is 6.61. The molecule has 0 saturated carbocycles. The first-order chi connectivity index (χ1) is 11.5. The molecule has 2 aromatic rings. The van der Waals surface area contributed by atoms with Crippen LogP contribution in [0.15, 0.2) is 42.5 Å². The van der Waals surface area contributed by atoms with Gasteiger partial charge in [0.05, 0.1) is 4.92 Å². The van der Waals surface area contributed by atoms with Crippen molar-refractivity contribution >= 4 is 23.4 Å². The fourth-order valence-electron chi connectivity index (χ4n) is 2.39. The van der Waals surface area contributed by atoms with Gasteiger partial charge in [0, 0.05) is 35.2 Å². The number of thioether (sulfide) groups is 1. The highest BCUT2D eigenvalue weighted by Gasteiger charge is 2.17. The smallest absolute Gasteiger partial charge is 0.273 e. The molecule has 0 atom stereocenters. The zero-order valence-electron chi connectivity index (χ0n) is 13.7. The molecule has 0 saturated heterocycles. The van der Waals surface area contributed by atoms with Crippen molar-refractivity contribution in [3.63, 3.8) is 0 Å². The SMILES string of the molecule is Cc1cccc(CSCCNC(=O)c2cccc([N+](=O)[O-])c2C)c1. The zero-order chi connectivity index (χ0) is 17.5. The van der Waals surface area contributed by atoms with Crippen LogP contribution < -0.4 is 5.32 Å². The van der Waals surface area contributed by atoms with Crippen LogP contribution in [0.4, 0.5) is 5.69 Å². The maximum absolute atomic E-state index is 12.2. The third-order valence-corrected chi connectivity index (χ3v) is 4.66. The normalized spacial score (nSPS) is 10.4. The average Bonchev–Trinajstić information content (AvgIpc) is 2.54. The van der Waals surface area contributed by atoms with E-state index >= 15 is 0 Å². The maximum Gasteiger partial charge on any atom is 0.273 e. The molecule has 0 radical (unpaired) electrons. The Morgan fingerprint density at radius 3 is 2.67 bits per heavy atom. The van der Waals surface area contributed by atoms with Crippen LogP contribution in [0, 0.1) is 24.0 Å². The molecule has 5 nitrogen and oxygen atoms in total. The Bertz CT molecular complexity index is 747. The minimum atomic E-state index is -0.468. The number of nitrogens with zero attached hydrogens (tertiary/aromatic N) is 1. The van der Waals surface area contributed by atoms with Gasteiger partial charge in [-0.3, -0.25) is 14.9 Å². The molecule has 1 N–H and O–H groups in total. The molecule has 0 spiro atoms. The monoisotopic (exact) mass is 344 g/mol. The molecule has 0 fully saturated rings. The van der Waals surface area contributed by atoms with Crippen LogP contribution in [0.25, 0.3) is 0 Å². The number of carbonyl (C=O) groups is 1. The number of rotatable bonds is 7. The Morgan fingerprint density at radius 2 is 1.96 bits per heavy atom. The first-order valence-corrected chi connectivity index (χ1v) is 8.80. The van der Waals surface area contributed by atoms with E-state index in [2.05, 4.69) is 30.4 Å². The molecule has 0 unspecified atom stereocenters. The second kappa shape index (κ2) is 8.49. The van der Waals surface area contributed by atoms with Gasteiger partial charge < -0.3 is 5.32 Å². The summed E-state index contributed by atoms with van der Waals surface area (Å²) in [6.45, 7) is 4.19. The third-order valence-electron chi connectivity index (χ3n) is 3.63. The van der Waals surface area contributed by atoms with Gasteiger partial charge in [-0.05, 0) is 25.5 Å². The molecule has 24 heavy (non-hydrogen) atoms. The molecule has 0 bridgehead atoms. The lowest BCUT2D eigenvalue weighted by molar-refractivity contribution is -0.385. The minimum Gasteiger partial charge on any atom is -0.351 e. The number of hydrogen-bond acceptors (Lipinski definition) is 4. The van der Waals surface area contributed by atoms with E-state index in [1.807, 2.05) is 6.07 Å². The summed E-state index contributed by atoms with van der Waals surface area (Å²) in [5.74, 6) is 1.41. The Kier molecular flexibility index (Phi) is 6.37. The van der Waals surface area contributed by atoms with Crippen LogP contribution in [0.2, 0.25) is 0 Å². The number of nitro groups is 1. The summed E-state index contributed by atoms with van der Waals surface area (Å²) in [7, 11) is 0. The largest absolute Gasteiger partial charge is 0.351 e. The van der Waals surface area contributed by atoms with Crippen molar-refractivity contribution in [1.29, 1.82) is 0 Å². The van der Waals surface area contributed by atoms with Gasteiger partial charge in [0.25, 0.3) is 11.6 Å². The van der Waals surface area contributed by atoms with Crippen LogP contribution in [0.1, 0.15) is 27.0 Å². The molecule has 0 heterocycles. The molecule has 6 heteroatoms. The van der Waals surface area contributed by atoms with E-state index in [1.165, 1.54) is 23.3 Å². The number of nitrogens with one attached hydrogen (secondary N) is 1. The quantitative estimate of drug-likeness (QED) is 0.470. The summed E-state index contributed by atoms with van der Waals surface area (Å²) in [5, 5.41) is 13.7. The van der Waals surface area contributed by atoms with Crippen molar-refractivity contribution < 1.29 is 9.72 Å². The van der Waals surface area contributed by atoms with E-state index < -0.39 is 4.92 Å². The highest BCUT2D eigenvalue weighted by Crippen LogP contribution is 2.21. The fourth-order valence-corrected chi connectivity index (χ4v) is 3.20. The first-order valence-electron chi connectivity index (χ1n) is 7.64. The van der Waals surface area contributed by atoms with Gasteiger partial charge in [-0.1, -0.05) is 35.9 Å². The Balaban J connectivity index is 1.81. The molecule has 1 amide bonds. The highest BCUT2D eigenvalue weighted by molar-refractivity contribution is 7.98. The Morgan fingerprint density at radius 1 is 1.21 bits per heavy atom. The van der Waals surface area contributed by atoms with Crippen molar-refractivity contribution in [3.05, 3.63) is 74.8 Å². The van der Waals surface area contributed by atoms with Crippen molar-refractivity contribution in [2.45, 2.75) is 19.6 Å². The molecule has 2 aromatic carbocycles. The molecule has 0 aliphatic rings. The Hall–Kier alpha value is -2.34. The van der Waals surface area contributed by atoms with Gasteiger partial charge >= 0.3 is 0 Å². The molecule has 0 aliphatic carbocycles. The van der Waals surface area contributed by atoms with Crippen molar-refractivity contribution in [1.82, 2.24) is 5.32 Å². The van der Waals surface area contributed by atoms with Crippen molar-refractivity contribution in [2.75, 3.05) is 12.3 Å². The van der Waals surface area contributed by atoms with Gasteiger partial charge in [-0.2, -0.15) is 11.8 Å². The van der Waals surface area contributed by atoms with Gasteiger partial charge in [0.15, 0.2) is 0 Å². The number of hydrogen-bond donors (Lipinski definition) is 1. The van der Waals surface area contributed by atoms with Crippen molar-refractivity contribution in [2.24, 2.45) is 0 Å². The molecular weight excluding hydrogens is 324 g/mol. The number of carbonyl (C=O) groups excluding carboxylic acids is 1. The lowest BCUT2D eigenvalue weighted by Gasteiger charge is -2.08. The van der Waals surface area contributed by atoms with Crippen LogP contribution in [0.5, 0.6) is 0 Å². The number of nitro benzene ring substituents is 1. The predicted molar refractivity (Wildman–Crippen MR) is 97.5 cm³/mol. The van der Waals surface area contributed by atoms with E-state index in [0.29, 0.717) is 17.7 Å². The topological polar surface area (TPSA) is 72.2 Å². The number of amides is 1. The van der Waals surface area contributed by atoms with Gasteiger partial charge in [-0.25, -0.2) is 0 Å². The average molecular weight is 344 g/mol. The van der Waals surface area contributed by atoms with Crippen LogP contribution in [-0.4, -0.2) is 23.1 Å². The molecular formula is C18H20N2O3S. The lowest BCUT2D eigenvalue weighted by atomic mass is 10.1. The maximum atomic E-state index is 12.2. The standard InChI is InChI=1S/C18H20N2O3S/c1-13-5-3-6-15(11-13)12-24-10-9-19-18(21)16-7-4-8-17(14(16)2)20(22)23/h3-8,11H,9-10,12H2,1-2H3,(H,19,21). The van der Waals surface area contributed by atoms with E-state index in [-0.39, 0.29) is 11.6 Å². The predicted octanol–water partition coefficient (Wildman–Crippen LogP) is 3.87. The minimum absolute atomic E-state index is 0.0310. The Labute approximate surface area is 145 Å². The summed E-state index contributed by atoms with van der Waals surface area (Å²) in [6.07, 6.45) is 0. The summed E-state index contributed by atoms with van der Waals surface area (Å²) < 4.78 is 0. The fraction of sp³-hybridized carbons (Fsp3) is 0.278. The summed E-state index contributed by atoms with van der Waals surface area (Å²) >= 11 is 1.74. The van der Waals surface area contributed by atoms with Gasteiger partial charge in [-0.15, -0.1) is 0 Å². The van der Waals surface area contributed by atoms with Crippen molar-refractivity contribution in [3.8, 4) is 0 Å². The third kappa shape index (κ3) is 4.83. The van der Waals surface area contributed by atoms with E-state index in [9.17, 15) is 14.9 Å². The van der Waals surface area contributed by atoms with Crippen LogP contribution in [0.3, 0.4) is 0 Å². The zero-order valence-corrected chi connectivity index (χ0v) is 14.6. The molecule has 2 rings (SSSR count). The molecule has 0 aromatic heterocycles. The summed E-state index contributed by atoms with van der Waals surface area (Å²) in [5.41, 5.74) is 3.22. The molecule has 126 valence electrons. The van der Waals surface area contributed by atoms with Crippen LogP contribution in [-0.2, 0) is 5.75 Å². The van der Waals surface area contributed by atoms with E-state index in [1.54, 1.807) is 24.8 Å². The van der Waals surface area contributed by atoms with E-state index in [0.717, 1.165) is 11.5 Å². The summed E-state index contributed by atoms with van der Waals surface area (Å²) in [4.78, 5) is 22.6. The van der Waals surface area contributed by atoms with E-state index in [4.69, 9.17) is 0 Å². The highest BCUT2D eigenvalue weighted by atomic mass is 32.2. The van der Waals surface area contributed by atoms with Gasteiger partial charge in [0.2, 0.25) is 0 Å². The number of benzene rings is 2. The first kappa shape index (κ1) is 18.0. The second-order valence-electron chi connectivity index (χ2n) is 5.50.